The minimum absolute atomic E-state index is 0.149. The Morgan fingerprint density at radius 3 is 2.19 bits per heavy atom. The molecule has 0 saturated heterocycles. The highest BCUT2D eigenvalue weighted by atomic mass is 16.5. The van der Waals surface area contributed by atoms with E-state index in [4.69, 9.17) is 4.74 Å². The van der Waals surface area contributed by atoms with E-state index in [1.807, 2.05) is 114 Å². The van der Waals surface area contributed by atoms with Gasteiger partial charge in [0.2, 0.25) is 5.91 Å². The van der Waals surface area contributed by atoms with Gasteiger partial charge in [-0.1, -0.05) is 72.3 Å². The van der Waals surface area contributed by atoms with Crippen molar-refractivity contribution in [2.75, 3.05) is 6.61 Å². The highest BCUT2D eigenvalue weighted by molar-refractivity contribution is 5.89. The van der Waals surface area contributed by atoms with Gasteiger partial charge in [-0.3, -0.25) is 9.59 Å². The molecule has 0 unspecified atom stereocenters. The zero-order valence-electron chi connectivity index (χ0n) is 22.3. The Labute approximate surface area is 215 Å². The number of nitrogens with zero attached hydrogens (tertiary/aromatic N) is 1. The number of benzene rings is 3. The molecule has 1 atom stereocenters. The molecule has 36 heavy (non-hydrogen) atoms. The number of ether oxygens (including phenoxy) is 1. The van der Waals surface area contributed by atoms with E-state index in [2.05, 4.69) is 5.32 Å². The van der Waals surface area contributed by atoms with Crippen molar-refractivity contribution in [3.05, 3.63) is 101 Å². The normalized spacial score (nSPS) is 12.1. The molecule has 0 aromatic heterocycles. The van der Waals surface area contributed by atoms with Crippen LogP contribution in [0, 0.1) is 20.8 Å². The molecule has 5 heteroatoms. The number of rotatable bonds is 9. The summed E-state index contributed by atoms with van der Waals surface area (Å²) in [6, 6.07) is 23.1. The summed E-state index contributed by atoms with van der Waals surface area (Å²) in [6.07, 6.45) is 0.407. The second-order valence-electron chi connectivity index (χ2n) is 10.5. The summed E-state index contributed by atoms with van der Waals surface area (Å²) in [5.74, 6) is 0.263. The highest BCUT2D eigenvalue weighted by Gasteiger charge is 2.32. The minimum Gasteiger partial charge on any atom is -0.483 e. The van der Waals surface area contributed by atoms with Crippen LogP contribution in [-0.4, -0.2) is 34.9 Å². The van der Waals surface area contributed by atoms with Crippen molar-refractivity contribution in [2.45, 2.75) is 66.1 Å². The van der Waals surface area contributed by atoms with Crippen LogP contribution in [0.2, 0.25) is 0 Å². The van der Waals surface area contributed by atoms with Gasteiger partial charge < -0.3 is 15.0 Å². The first-order valence-corrected chi connectivity index (χ1v) is 12.4. The quantitative estimate of drug-likeness (QED) is 0.432. The molecule has 3 aromatic rings. The summed E-state index contributed by atoms with van der Waals surface area (Å²) >= 11 is 0. The molecule has 0 radical (unpaired) electrons. The van der Waals surface area contributed by atoms with E-state index in [1.165, 1.54) is 0 Å². The molecule has 0 bridgehead atoms. The predicted octanol–water partition coefficient (Wildman–Crippen LogP) is 5.55. The maximum atomic E-state index is 13.7. The molecule has 0 aliphatic carbocycles. The first kappa shape index (κ1) is 27.0. The molecule has 0 aliphatic rings. The van der Waals surface area contributed by atoms with Crippen molar-refractivity contribution in [1.82, 2.24) is 10.2 Å². The SMILES string of the molecule is Cc1cccc(CN(C(=O)COc2cc(C)ccc2C)[C@H](Cc2ccccc2)C(=O)NC(C)(C)C)c1. The van der Waals surface area contributed by atoms with Crippen LogP contribution in [0.15, 0.2) is 72.8 Å². The molecule has 3 aromatic carbocycles. The molecule has 190 valence electrons. The van der Waals surface area contributed by atoms with E-state index in [9.17, 15) is 9.59 Å². The largest absolute Gasteiger partial charge is 0.483 e. The van der Waals surface area contributed by atoms with Gasteiger partial charge in [0.15, 0.2) is 6.61 Å². The Bertz CT molecular complexity index is 1180. The van der Waals surface area contributed by atoms with E-state index in [0.717, 1.165) is 27.8 Å². The number of carbonyl (C=O) groups excluding carboxylic acids is 2. The lowest BCUT2D eigenvalue weighted by Crippen LogP contribution is -2.55. The number of aryl methyl sites for hydroxylation is 3. The Balaban J connectivity index is 1.95. The molecule has 2 amide bonds. The van der Waals surface area contributed by atoms with Crippen molar-refractivity contribution in [2.24, 2.45) is 0 Å². The van der Waals surface area contributed by atoms with Crippen molar-refractivity contribution >= 4 is 11.8 Å². The Morgan fingerprint density at radius 1 is 0.861 bits per heavy atom. The first-order valence-electron chi connectivity index (χ1n) is 12.4. The second-order valence-corrected chi connectivity index (χ2v) is 10.5. The number of carbonyl (C=O) groups is 2. The van der Waals surface area contributed by atoms with E-state index in [1.54, 1.807) is 4.90 Å². The van der Waals surface area contributed by atoms with Crippen molar-refractivity contribution in [3.8, 4) is 5.75 Å². The van der Waals surface area contributed by atoms with Crippen LogP contribution in [0.4, 0.5) is 0 Å². The third-order valence-corrected chi connectivity index (χ3v) is 5.90. The van der Waals surface area contributed by atoms with Gasteiger partial charge in [-0.05, 0) is 69.9 Å². The van der Waals surface area contributed by atoms with Gasteiger partial charge >= 0.3 is 0 Å². The standard InChI is InChI=1S/C31H38N2O3/c1-22-11-10-14-26(17-22)20-33(29(34)21-36-28-18-23(2)15-16-24(28)3)27(30(35)32-31(4,5)6)19-25-12-8-7-9-13-25/h7-18,27H,19-21H2,1-6H3,(H,32,35)/t27-/m1/s1. The molecule has 5 nitrogen and oxygen atoms in total. The summed E-state index contributed by atoms with van der Waals surface area (Å²) in [6.45, 7) is 12.0. The van der Waals surface area contributed by atoms with E-state index >= 15 is 0 Å². The van der Waals surface area contributed by atoms with Crippen LogP contribution in [0.5, 0.6) is 5.75 Å². The third-order valence-electron chi connectivity index (χ3n) is 5.90. The Morgan fingerprint density at radius 2 is 1.53 bits per heavy atom. The number of hydrogen-bond acceptors (Lipinski definition) is 3. The monoisotopic (exact) mass is 486 g/mol. The van der Waals surface area contributed by atoms with Crippen LogP contribution >= 0.6 is 0 Å². The molecule has 3 rings (SSSR count). The first-order chi connectivity index (χ1) is 17.0. The Hall–Kier alpha value is -3.60. The summed E-state index contributed by atoms with van der Waals surface area (Å²) in [7, 11) is 0. The fourth-order valence-electron chi connectivity index (χ4n) is 4.10. The molecular weight excluding hydrogens is 448 g/mol. The number of hydrogen-bond donors (Lipinski definition) is 1. The van der Waals surface area contributed by atoms with Crippen LogP contribution in [0.25, 0.3) is 0 Å². The van der Waals surface area contributed by atoms with E-state index < -0.39 is 11.6 Å². The third kappa shape index (κ3) is 7.98. The zero-order valence-corrected chi connectivity index (χ0v) is 22.3. The minimum atomic E-state index is -0.693. The molecule has 1 N–H and O–H groups in total. The maximum absolute atomic E-state index is 13.7. The van der Waals surface area contributed by atoms with E-state index in [-0.39, 0.29) is 18.4 Å². The summed E-state index contributed by atoms with van der Waals surface area (Å²) in [4.78, 5) is 29.0. The average molecular weight is 487 g/mol. The van der Waals surface area contributed by atoms with Crippen molar-refractivity contribution < 1.29 is 14.3 Å². The van der Waals surface area contributed by atoms with Crippen LogP contribution < -0.4 is 10.1 Å². The highest BCUT2D eigenvalue weighted by Crippen LogP contribution is 2.21. The molecule has 0 fully saturated rings. The van der Waals surface area contributed by atoms with Gasteiger partial charge in [0.05, 0.1) is 0 Å². The average Bonchev–Trinajstić information content (AvgIpc) is 2.81. The lowest BCUT2D eigenvalue weighted by molar-refractivity contribution is -0.143. The van der Waals surface area contributed by atoms with Crippen molar-refractivity contribution in [1.29, 1.82) is 0 Å². The molecular formula is C31H38N2O3. The summed E-state index contributed by atoms with van der Waals surface area (Å²) in [5, 5.41) is 3.09. The van der Waals surface area contributed by atoms with Crippen LogP contribution in [0.3, 0.4) is 0 Å². The predicted molar refractivity (Wildman–Crippen MR) is 145 cm³/mol. The maximum Gasteiger partial charge on any atom is 0.261 e. The lowest BCUT2D eigenvalue weighted by Gasteiger charge is -2.34. The number of amides is 2. The van der Waals surface area contributed by atoms with Gasteiger partial charge in [-0.15, -0.1) is 0 Å². The van der Waals surface area contributed by atoms with Gasteiger partial charge in [0, 0.05) is 18.5 Å². The fourth-order valence-corrected chi connectivity index (χ4v) is 4.10. The summed E-state index contributed by atoms with van der Waals surface area (Å²) < 4.78 is 5.98. The van der Waals surface area contributed by atoms with Gasteiger partial charge in [0.25, 0.3) is 5.91 Å². The van der Waals surface area contributed by atoms with Gasteiger partial charge in [-0.25, -0.2) is 0 Å². The Kier molecular flexibility index (Phi) is 8.92. The van der Waals surface area contributed by atoms with Crippen LogP contribution in [-0.2, 0) is 22.6 Å². The summed E-state index contributed by atoms with van der Waals surface area (Å²) in [5.41, 5.74) is 4.65. The van der Waals surface area contributed by atoms with Crippen LogP contribution in [0.1, 0.15) is 48.6 Å². The van der Waals surface area contributed by atoms with Gasteiger partial charge in [-0.2, -0.15) is 0 Å². The second kappa shape index (κ2) is 11.9. The zero-order chi connectivity index (χ0) is 26.3. The molecule has 0 saturated carbocycles. The topological polar surface area (TPSA) is 58.6 Å². The molecule has 0 spiro atoms. The van der Waals surface area contributed by atoms with Crippen molar-refractivity contribution in [3.63, 3.8) is 0 Å². The fraction of sp³-hybridized carbons (Fsp3) is 0.355. The molecule has 0 aliphatic heterocycles. The number of nitrogens with one attached hydrogen (secondary N) is 1. The smallest absolute Gasteiger partial charge is 0.261 e. The van der Waals surface area contributed by atoms with E-state index in [0.29, 0.717) is 18.7 Å². The molecule has 0 heterocycles. The van der Waals surface area contributed by atoms with Gasteiger partial charge in [0.1, 0.15) is 11.8 Å². The lowest BCUT2D eigenvalue weighted by atomic mass is 10.0.